The van der Waals surface area contributed by atoms with Crippen LogP contribution in [0.15, 0.2) is 42.5 Å². The zero-order chi connectivity index (χ0) is 20.3. The van der Waals surface area contributed by atoms with Gasteiger partial charge in [-0.05, 0) is 75.0 Å². The van der Waals surface area contributed by atoms with E-state index >= 15 is 0 Å². The molecule has 0 radical (unpaired) electrons. The van der Waals surface area contributed by atoms with Crippen LogP contribution in [0.2, 0.25) is 0 Å². The fourth-order valence-electron chi connectivity index (χ4n) is 4.64. The monoisotopic (exact) mass is 397 g/mol. The standard InChI is InChI=1S/C24H31NO4/c1-23(2)16-24(11-13-29-23,19-5-7-20(26-3)8-6-19)10-12-25-15-18-4-9-21-22(14-18)28-17-27-21/h4-9,14,25H,10-13,15-17H2,1-3H3/t24-/m1/s1. The Morgan fingerprint density at radius 3 is 2.59 bits per heavy atom. The number of hydrogen-bond donors (Lipinski definition) is 1. The van der Waals surface area contributed by atoms with Gasteiger partial charge in [0.25, 0.3) is 0 Å². The highest BCUT2D eigenvalue weighted by Gasteiger charge is 2.41. The Kier molecular flexibility index (Phi) is 5.70. The molecule has 2 aliphatic heterocycles. The van der Waals surface area contributed by atoms with Crippen LogP contribution in [-0.2, 0) is 16.7 Å². The zero-order valence-corrected chi connectivity index (χ0v) is 17.6. The highest BCUT2D eigenvalue weighted by molar-refractivity contribution is 5.44. The highest BCUT2D eigenvalue weighted by Crippen LogP contribution is 2.44. The average molecular weight is 398 g/mol. The van der Waals surface area contributed by atoms with E-state index in [1.54, 1.807) is 7.11 Å². The minimum Gasteiger partial charge on any atom is -0.497 e. The highest BCUT2D eigenvalue weighted by atomic mass is 16.7. The summed E-state index contributed by atoms with van der Waals surface area (Å²) in [5, 5.41) is 3.62. The van der Waals surface area contributed by atoms with Crippen LogP contribution in [-0.4, -0.2) is 32.7 Å². The first-order chi connectivity index (χ1) is 14.0. The van der Waals surface area contributed by atoms with Crippen molar-refractivity contribution in [3.63, 3.8) is 0 Å². The molecule has 0 spiro atoms. The van der Waals surface area contributed by atoms with E-state index in [1.807, 2.05) is 6.07 Å². The van der Waals surface area contributed by atoms with Crippen molar-refractivity contribution in [2.75, 3.05) is 27.1 Å². The number of ether oxygens (including phenoxy) is 4. The molecule has 0 bridgehead atoms. The van der Waals surface area contributed by atoms with Crippen LogP contribution in [0.5, 0.6) is 17.2 Å². The number of fused-ring (bicyclic) bond motifs is 1. The molecule has 0 unspecified atom stereocenters. The van der Waals surface area contributed by atoms with Gasteiger partial charge in [0, 0.05) is 18.6 Å². The van der Waals surface area contributed by atoms with Crippen molar-refractivity contribution in [2.45, 2.75) is 50.7 Å². The lowest BCUT2D eigenvalue weighted by atomic mass is 9.67. The molecular weight excluding hydrogens is 366 g/mol. The second kappa shape index (κ2) is 8.25. The van der Waals surface area contributed by atoms with Gasteiger partial charge in [-0.3, -0.25) is 0 Å². The molecule has 156 valence electrons. The quantitative estimate of drug-likeness (QED) is 0.701. The number of benzene rings is 2. The Bertz CT molecular complexity index is 833. The molecule has 2 heterocycles. The summed E-state index contributed by atoms with van der Waals surface area (Å²) in [4.78, 5) is 0. The third-order valence-corrected chi connectivity index (χ3v) is 6.09. The topological polar surface area (TPSA) is 49.0 Å². The summed E-state index contributed by atoms with van der Waals surface area (Å²) < 4.78 is 22.3. The predicted molar refractivity (Wildman–Crippen MR) is 113 cm³/mol. The van der Waals surface area contributed by atoms with Crippen LogP contribution in [0, 0.1) is 0 Å². The number of hydrogen-bond acceptors (Lipinski definition) is 5. The van der Waals surface area contributed by atoms with Crippen molar-refractivity contribution in [2.24, 2.45) is 0 Å². The molecule has 2 aromatic carbocycles. The van der Waals surface area contributed by atoms with Gasteiger partial charge in [-0.2, -0.15) is 0 Å². The SMILES string of the molecule is COc1ccc([C@]2(CCNCc3ccc4c(c3)OCO4)CCOC(C)(C)C2)cc1. The molecule has 5 nitrogen and oxygen atoms in total. The summed E-state index contributed by atoms with van der Waals surface area (Å²) in [7, 11) is 1.71. The van der Waals surface area contributed by atoms with Crippen LogP contribution in [0.25, 0.3) is 0 Å². The Labute approximate surface area is 173 Å². The van der Waals surface area contributed by atoms with Gasteiger partial charge in [0.1, 0.15) is 5.75 Å². The maximum atomic E-state index is 6.03. The Balaban J connectivity index is 1.43. The summed E-state index contributed by atoms with van der Waals surface area (Å²) in [5.74, 6) is 2.57. The van der Waals surface area contributed by atoms with Crippen LogP contribution in [0.1, 0.15) is 44.2 Å². The van der Waals surface area contributed by atoms with Gasteiger partial charge in [0.15, 0.2) is 11.5 Å². The van der Waals surface area contributed by atoms with Crippen molar-refractivity contribution < 1.29 is 18.9 Å². The maximum Gasteiger partial charge on any atom is 0.231 e. The van der Waals surface area contributed by atoms with E-state index in [4.69, 9.17) is 18.9 Å². The van der Waals surface area contributed by atoms with Crippen molar-refractivity contribution in [1.82, 2.24) is 5.32 Å². The maximum absolute atomic E-state index is 6.03. The summed E-state index contributed by atoms with van der Waals surface area (Å²) in [6.07, 6.45) is 3.11. The van der Waals surface area contributed by atoms with Crippen LogP contribution in [0.4, 0.5) is 0 Å². The first kappa shape index (κ1) is 20.0. The molecule has 1 N–H and O–H groups in total. The molecule has 0 aliphatic carbocycles. The number of nitrogens with one attached hydrogen (secondary N) is 1. The average Bonchev–Trinajstić information content (AvgIpc) is 3.18. The number of methoxy groups -OCH3 is 1. The molecule has 2 aromatic rings. The third-order valence-electron chi connectivity index (χ3n) is 6.09. The van der Waals surface area contributed by atoms with Crippen LogP contribution in [0.3, 0.4) is 0 Å². The van der Waals surface area contributed by atoms with Crippen molar-refractivity contribution in [3.8, 4) is 17.2 Å². The fourth-order valence-corrected chi connectivity index (χ4v) is 4.64. The second-order valence-corrected chi connectivity index (χ2v) is 8.66. The van der Waals surface area contributed by atoms with Gasteiger partial charge in [-0.15, -0.1) is 0 Å². The van der Waals surface area contributed by atoms with E-state index in [1.165, 1.54) is 11.1 Å². The predicted octanol–water partition coefficient (Wildman–Crippen LogP) is 4.43. The second-order valence-electron chi connectivity index (χ2n) is 8.66. The fraction of sp³-hybridized carbons (Fsp3) is 0.500. The summed E-state index contributed by atoms with van der Waals surface area (Å²) in [6.45, 7) is 7.26. The molecule has 4 rings (SSSR count). The van der Waals surface area contributed by atoms with Crippen molar-refractivity contribution in [3.05, 3.63) is 53.6 Å². The van der Waals surface area contributed by atoms with E-state index in [0.29, 0.717) is 6.79 Å². The molecule has 29 heavy (non-hydrogen) atoms. The van der Waals surface area contributed by atoms with E-state index < -0.39 is 0 Å². The Morgan fingerprint density at radius 1 is 1.03 bits per heavy atom. The minimum atomic E-state index is -0.116. The molecule has 5 heteroatoms. The third kappa shape index (κ3) is 4.51. The summed E-state index contributed by atoms with van der Waals surface area (Å²) >= 11 is 0. The molecule has 1 fully saturated rings. The van der Waals surface area contributed by atoms with E-state index in [0.717, 1.165) is 56.2 Å². The first-order valence-corrected chi connectivity index (χ1v) is 10.4. The largest absolute Gasteiger partial charge is 0.497 e. The van der Waals surface area contributed by atoms with E-state index in [9.17, 15) is 0 Å². The zero-order valence-electron chi connectivity index (χ0n) is 17.6. The first-order valence-electron chi connectivity index (χ1n) is 10.4. The van der Waals surface area contributed by atoms with Gasteiger partial charge >= 0.3 is 0 Å². The van der Waals surface area contributed by atoms with Gasteiger partial charge in [-0.25, -0.2) is 0 Å². The normalized spacial score (nSPS) is 22.4. The molecule has 0 saturated carbocycles. The van der Waals surface area contributed by atoms with Crippen LogP contribution >= 0.6 is 0 Å². The van der Waals surface area contributed by atoms with Gasteiger partial charge < -0.3 is 24.3 Å². The summed E-state index contributed by atoms with van der Waals surface area (Å²) in [6, 6.07) is 14.7. The molecule has 2 aliphatic rings. The Hall–Kier alpha value is -2.24. The lowest BCUT2D eigenvalue weighted by Gasteiger charge is -2.45. The van der Waals surface area contributed by atoms with E-state index in [-0.39, 0.29) is 11.0 Å². The lowest BCUT2D eigenvalue weighted by molar-refractivity contribution is -0.0840. The molecule has 1 atom stereocenters. The van der Waals surface area contributed by atoms with E-state index in [2.05, 4.69) is 55.6 Å². The van der Waals surface area contributed by atoms with Crippen LogP contribution < -0.4 is 19.5 Å². The minimum absolute atomic E-state index is 0.107. The Morgan fingerprint density at radius 2 is 1.83 bits per heavy atom. The molecule has 0 aromatic heterocycles. The molecule has 1 saturated heterocycles. The van der Waals surface area contributed by atoms with Gasteiger partial charge in [0.2, 0.25) is 6.79 Å². The van der Waals surface area contributed by atoms with Gasteiger partial charge in [0.05, 0.1) is 12.7 Å². The summed E-state index contributed by atoms with van der Waals surface area (Å²) in [5.41, 5.74) is 2.57. The van der Waals surface area contributed by atoms with Gasteiger partial charge in [-0.1, -0.05) is 18.2 Å². The molecule has 0 amide bonds. The van der Waals surface area contributed by atoms with Crippen molar-refractivity contribution >= 4 is 0 Å². The number of rotatable bonds is 7. The lowest BCUT2D eigenvalue weighted by Crippen LogP contribution is -2.45. The van der Waals surface area contributed by atoms with Crippen molar-refractivity contribution in [1.29, 1.82) is 0 Å². The smallest absolute Gasteiger partial charge is 0.231 e. The molecular formula is C24H31NO4.